The van der Waals surface area contributed by atoms with E-state index in [1.165, 1.54) is 0 Å². The van der Waals surface area contributed by atoms with Gasteiger partial charge in [-0.05, 0) is 35.9 Å². The van der Waals surface area contributed by atoms with Crippen molar-refractivity contribution in [2.24, 2.45) is 0 Å². The Kier molecular flexibility index (Phi) is 6.19. The van der Waals surface area contributed by atoms with Gasteiger partial charge in [-0.1, -0.05) is 46.9 Å². The Labute approximate surface area is 143 Å². The molecule has 2 amide bonds. The van der Waals surface area contributed by atoms with Crippen molar-refractivity contribution in [2.45, 2.75) is 6.54 Å². The number of carbonyl (C=O) groups excluding carboxylic acids is 1. The van der Waals surface area contributed by atoms with Gasteiger partial charge in [-0.2, -0.15) is 0 Å². The summed E-state index contributed by atoms with van der Waals surface area (Å²) in [7, 11) is 0. The zero-order chi connectivity index (χ0) is 15.9. The Bertz CT molecular complexity index is 665. The molecule has 2 aromatic rings. The van der Waals surface area contributed by atoms with Crippen molar-refractivity contribution in [3.05, 3.63) is 63.1 Å². The number of halogens is 3. The predicted molar refractivity (Wildman–Crippen MR) is 88.8 cm³/mol. The third-order valence-corrected chi connectivity index (χ3v) is 3.46. The molecule has 0 unspecified atom stereocenters. The van der Waals surface area contributed by atoms with E-state index >= 15 is 0 Å². The Morgan fingerprint density at radius 3 is 2.50 bits per heavy atom. The molecule has 0 fully saturated rings. The van der Waals surface area contributed by atoms with E-state index in [4.69, 9.17) is 39.5 Å². The van der Waals surface area contributed by atoms with Crippen LogP contribution in [0.15, 0.2) is 42.5 Å². The molecule has 0 saturated carbocycles. The standard InChI is InChI=1S/C15H13Cl3N2O2/c16-11-3-1-2-10(6-11)8-19-15(21)20-9-22-14-5-4-12(17)7-13(14)18/h1-7H,8-9H2,(H2,19,20,21). The van der Waals surface area contributed by atoms with E-state index in [0.29, 0.717) is 27.4 Å². The first-order valence-electron chi connectivity index (χ1n) is 6.38. The van der Waals surface area contributed by atoms with E-state index < -0.39 is 0 Å². The average molecular weight is 360 g/mol. The van der Waals surface area contributed by atoms with E-state index in [9.17, 15) is 4.79 Å². The number of carbonyl (C=O) groups is 1. The molecule has 0 spiro atoms. The van der Waals surface area contributed by atoms with Gasteiger partial charge in [0, 0.05) is 16.6 Å². The van der Waals surface area contributed by atoms with Crippen LogP contribution in [0.5, 0.6) is 5.75 Å². The van der Waals surface area contributed by atoms with Crippen LogP contribution < -0.4 is 15.4 Å². The van der Waals surface area contributed by atoms with Gasteiger partial charge in [-0.25, -0.2) is 4.79 Å². The molecule has 0 aromatic heterocycles. The first-order chi connectivity index (χ1) is 10.5. The maximum Gasteiger partial charge on any atom is 0.317 e. The number of nitrogens with one attached hydrogen (secondary N) is 2. The van der Waals surface area contributed by atoms with Gasteiger partial charge < -0.3 is 15.4 Å². The number of amides is 2. The molecule has 0 aliphatic carbocycles. The minimum atomic E-state index is -0.356. The van der Waals surface area contributed by atoms with Crippen molar-refractivity contribution in [1.29, 1.82) is 0 Å². The molecule has 2 aromatic carbocycles. The molecule has 7 heteroatoms. The van der Waals surface area contributed by atoms with Crippen molar-refractivity contribution >= 4 is 40.8 Å². The second-order valence-corrected chi connectivity index (χ2v) is 5.63. The first-order valence-corrected chi connectivity index (χ1v) is 7.52. The summed E-state index contributed by atoms with van der Waals surface area (Å²) in [6.07, 6.45) is 0. The molecule has 4 nitrogen and oxygen atoms in total. The third kappa shape index (κ3) is 5.30. The fraction of sp³-hybridized carbons (Fsp3) is 0.133. The molecule has 22 heavy (non-hydrogen) atoms. The summed E-state index contributed by atoms with van der Waals surface area (Å²) in [6, 6.07) is 11.8. The Morgan fingerprint density at radius 2 is 1.77 bits per heavy atom. The smallest absolute Gasteiger partial charge is 0.317 e. The Hall–Kier alpha value is -1.62. The minimum absolute atomic E-state index is 0.0112. The SMILES string of the molecule is O=C(NCOc1ccc(Cl)cc1Cl)NCc1cccc(Cl)c1. The fourth-order valence-electron chi connectivity index (χ4n) is 1.66. The number of ether oxygens (including phenoxy) is 1. The van der Waals surface area contributed by atoms with Crippen molar-refractivity contribution in [3.8, 4) is 5.75 Å². The van der Waals surface area contributed by atoms with Gasteiger partial charge in [0.05, 0.1) is 5.02 Å². The summed E-state index contributed by atoms with van der Waals surface area (Å²) < 4.78 is 5.35. The van der Waals surface area contributed by atoms with Gasteiger partial charge in [0.2, 0.25) is 0 Å². The van der Waals surface area contributed by atoms with Crippen LogP contribution in [0, 0.1) is 0 Å². The quantitative estimate of drug-likeness (QED) is 0.773. The summed E-state index contributed by atoms with van der Waals surface area (Å²) >= 11 is 17.6. The van der Waals surface area contributed by atoms with Gasteiger partial charge >= 0.3 is 6.03 Å². The summed E-state index contributed by atoms with van der Waals surface area (Å²) in [5.74, 6) is 0.446. The summed E-state index contributed by atoms with van der Waals surface area (Å²) in [4.78, 5) is 11.6. The van der Waals surface area contributed by atoms with Crippen molar-refractivity contribution in [2.75, 3.05) is 6.73 Å². The van der Waals surface area contributed by atoms with Crippen LogP contribution >= 0.6 is 34.8 Å². The second kappa shape index (κ2) is 8.13. The van der Waals surface area contributed by atoms with Crippen LogP contribution in [0.3, 0.4) is 0 Å². The summed E-state index contributed by atoms with van der Waals surface area (Å²) in [5.41, 5.74) is 0.907. The lowest BCUT2D eigenvalue weighted by atomic mass is 10.2. The largest absolute Gasteiger partial charge is 0.472 e. The Balaban J connectivity index is 1.74. The topological polar surface area (TPSA) is 50.4 Å². The highest BCUT2D eigenvalue weighted by Gasteiger charge is 2.04. The monoisotopic (exact) mass is 358 g/mol. The predicted octanol–water partition coefficient (Wildman–Crippen LogP) is 4.48. The van der Waals surface area contributed by atoms with Crippen LogP contribution in [0.2, 0.25) is 15.1 Å². The van der Waals surface area contributed by atoms with Gasteiger partial charge in [-0.15, -0.1) is 0 Å². The fourth-order valence-corrected chi connectivity index (χ4v) is 2.34. The number of rotatable bonds is 5. The normalized spacial score (nSPS) is 10.1. The van der Waals surface area contributed by atoms with E-state index in [-0.39, 0.29) is 12.8 Å². The highest BCUT2D eigenvalue weighted by Crippen LogP contribution is 2.27. The molecule has 2 N–H and O–H groups in total. The molecule has 0 aliphatic heterocycles. The molecule has 0 bridgehead atoms. The van der Waals surface area contributed by atoms with E-state index in [1.54, 1.807) is 30.3 Å². The minimum Gasteiger partial charge on any atom is -0.472 e. The van der Waals surface area contributed by atoms with Crippen LogP contribution in [0.25, 0.3) is 0 Å². The first kappa shape index (κ1) is 16.7. The lowest BCUT2D eigenvalue weighted by Gasteiger charge is -2.10. The molecular formula is C15H13Cl3N2O2. The maximum absolute atomic E-state index is 11.6. The second-order valence-electron chi connectivity index (χ2n) is 4.35. The van der Waals surface area contributed by atoms with Crippen LogP contribution in [-0.4, -0.2) is 12.8 Å². The van der Waals surface area contributed by atoms with Gasteiger partial charge in [-0.3, -0.25) is 0 Å². The van der Waals surface area contributed by atoms with Gasteiger partial charge in [0.25, 0.3) is 0 Å². The molecular weight excluding hydrogens is 347 g/mol. The van der Waals surface area contributed by atoms with Crippen molar-refractivity contribution in [1.82, 2.24) is 10.6 Å². The van der Waals surface area contributed by atoms with E-state index in [1.807, 2.05) is 12.1 Å². The molecule has 0 heterocycles. The highest BCUT2D eigenvalue weighted by atomic mass is 35.5. The Morgan fingerprint density at radius 1 is 1.00 bits per heavy atom. The van der Waals surface area contributed by atoms with Gasteiger partial charge in [0.15, 0.2) is 6.73 Å². The van der Waals surface area contributed by atoms with Gasteiger partial charge in [0.1, 0.15) is 5.75 Å². The zero-order valence-electron chi connectivity index (χ0n) is 11.4. The van der Waals surface area contributed by atoms with E-state index in [2.05, 4.69) is 10.6 Å². The van der Waals surface area contributed by atoms with E-state index in [0.717, 1.165) is 5.56 Å². The summed E-state index contributed by atoms with van der Waals surface area (Å²) in [5, 5.41) is 6.78. The van der Waals surface area contributed by atoms with Crippen LogP contribution in [0.1, 0.15) is 5.56 Å². The summed E-state index contributed by atoms with van der Waals surface area (Å²) in [6.45, 7) is 0.358. The zero-order valence-corrected chi connectivity index (χ0v) is 13.7. The number of hydrogen-bond donors (Lipinski definition) is 2. The molecule has 0 radical (unpaired) electrons. The lowest BCUT2D eigenvalue weighted by Crippen LogP contribution is -2.37. The maximum atomic E-state index is 11.6. The average Bonchev–Trinajstić information content (AvgIpc) is 2.47. The number of hydrogen-bond acceptors (Lipinski definition) is 2. The van der Waals surface area contributed by atoms with Crippen molar-refractivity contribution < 1.29 is 9.53 Å². The number of benzene rings is 2. The third-order valence-electron chi connectivity index (χ3n) is 2.70. The van der Waals surface area contributed by atoms with Crippen molar-refractivity contribution in [3.63, 3.8) is 0 Å². The molecule has 0 aliphatic rings. The lowest BCUT2D eigenvalue weighted by molar-refractivity contribution is 0.223. The molecule has 2 rings (SSSR count). The number of urea groups is 1. The highest BCUT2D eigenvalue weighted by molar-refractivity contribution is 6.35. The molecule has 0 atom stereocenters. The molecule has 116 valence electrons. The van der Waals surface area contributed by atoms with Crippen LogP contribution in [-0.2, 0) is 6.54 Å². The molecule has 0 saturated heterocycles. The van der Waals surface area contributed by atoms with Crippen LogP contribution in [0.4, 0.5) is 4.79 Å².